The maximum atomic E-state index is 3.96. The molecule has 27 heavy (non-hydrogen) atoms. The number of hydrogen-bond donors (Lipinski definition) is 0. The van der Waals surface area contributed by atoms with E-state index >= 15 is 0 Å². The lowest BCUT2D eigenvalue weighted by molar-refractivity contribution is 1.54. The molecule has 0 radical (unpaired) electrons. The first kappa shape index (κ1) is 19.1. The molecular formula is C26H26S. The summed E-state index contributed by atoms with van der Waals surface area (Å²) in [6, 6.07) is 15.6. The van der Waals surface area contributed by atoms with Gasteiger partial charge in [-0.3, -0.25) is 0 Å². The molecule has 0 fully saturated rings. The third kappa shape index (κ3) is 4.20. The monoisotopic (exact) mass is 370 g/mol. The fourth-order valence-electron chi connectivity index (χ4n) is 3.26. The minimum absolute atomic E-state index is 1.06. The van der Waals surface area contributed by atoms with E-state index in [4.69, 9.17) is 0 Å². The van der Waals surface area contributed by atoms with Crippen molar-refractivity contribution in [2.75, 3.05) is 0 Å². The SMILES string of the molecule is C=C(C)/C=C\C(=C/C)c1cccc(-c2ccc3sc(C)c(/C=C\C)c3c2)c1. The van der Waals surface area contributed by atoms with Gasteiger partial charge in [0.2, 0.25) is 0 Å². The average molecular weight is 371 g/mol. The fraction of sp³-hybridized carbons (Fsp3) is 0.154. The van der Waals surface area contributed by atoms with Crippen molar-refractivity contribution in [3.05, 3.63) is 94.9 Å². The van der Waals surface area contributed by atoms with Crippen molar-refractivity contribution < 1.29 is 0 Å². The second kappa shape index (κ2) is 8.37. The molecule has 1 heteroatoms. The van der Waals surface area contributed by atoms with Gasteiger partial charge in [0.25, 0.3) is 0 Å². The van der Waals surface area contributed by atoms with Gasteiger partial charge in [-0.15, -0.1) is 11.3 Å². The Morgan fingerprint density at radius 3 is 2.48 bits per heavy atom. The molecule has 3 aromatic rings. The number of rotatable bonds is 5. The predicted octanol–water partition coefficient (Wildman–Crippen LogP) is 8.45. The van der Waals surface area contributed by atoms with Crippen LogP contribution in [0.1, 0.15) is 36.8 Å². The molecule has 0 aliphatic rings. The van der Waals surface area contributed by atoms with Gasteiger partial charge >= 0.3 is 0 Å². The summed E-state index contributed by atoms with van der Waals surface area (Å²) in [4.78, 5) is 1.37. The van der Waals surface area contributed by atoms with E-state index in [1.54, 1.807) is 0 Å². The van der Waals surface area contributed by atoms with Crippen molar-refractivity contribution >= 4 is 33.1 Å². The van der Waals surface area contributed by atoms with E-state index < -0.39 is 0 Å². The summed E-state index contributed by atoms with van der Waals surface area (Å²) in [6.45, 7) is 12.3. The van der Waals surface area contributed by atoms with Crippen LogP contribution in [0, 0.1) is 6.92 Å². The van der Waals surface area contributed by atoms with Crippen molar-refractivity contribution in [3.63, 3.8) is 0 Å². The Balaban J connectivity index is 2.07. The molecule has 3 rings (SSSR count). The molecule has 0 saturated heterocycles. The molecule has 0 atom stereocenters. The molecular weight excluding hydrogens is 344 g/mol. The van der Waals surface area contributed by atoms with Gasteiger partial charge in [-0.1, -0.05) is 66.8 Å². The van der Waals surface area contributed by atoms with E-state index in [-0.39, 0.29) is 0 Å². The number of fused-ring (bicyclic) bond motifs is 1. The molecule has 1 aromatic heterocycles. The number of aryl methyl sites for hydroxylation is 1. The highest BCUT2D eigenvalue weighted by Crippen LogP contribution is 2.35. The van der Waals surface area contributed by atoms with E-state index in [1.165, 1.54) is 42.8 Å². The summed E-state index contributed by atoms with van der Waals surface area (Å²) >= 11 is 1.87. The average Bonchev–Trinajstić information content (AvgIpc) is 2.97. The smallest absolute Gasteiger partial charge is 0.0352 e. The number of benzene rings is 2. The Morgan fingerprint density at radius 2 is 1.78 bits per heavy atom. The molecule has 0 unspecified atom stereocenters. The predicted molar refractivity (Wildman–Crippen MR) is 124 cm³/mol. The molecule has 136 valence electrons. The zero-order chi connectivity index (χ0) is 19.4. The lowest BCUT2D eigenvalue weighted by Gasteiger charge is -2.08. The second-order valence-corrected chi connectivity index (χ2v) is 8.04. The van der Waals surface area contributed by atoms with Gasteiger partial charge in [0.05, 0.1) is 0 Å². The lowest BCUT2D eigenvalue weighted by atomic mass is 9.97. The van der Waals surface area contributed by atoms with Crippen molar-refractivity contribution in [1.29, 1.82) is 0 Å². The van der Waals surface area contributed by atoms with E-state index in [0.717, 1.165) is 5.57 Å². The summed E-state index contributed by atoms with van der Waals surface area (Å²) in [5.74, 6) is 0. The van der Waals surface area contributed by atoms with Crippen molar-refractivity contribution in [2.24, 2.45) is 0 Å². The zero-order valence-corrected chi connectivity index (χ0v) is 17.4. The molecule has 2 aromatic carbocycles. The van der Waals surface area contributed by atoms with Crippen LogP contribution in [0.15, 0.2) is 78.9 Å². The Hall–Kier alpha value is -2.64. The van der Waals surface area contributed by atoms with E-state index in [2.05, 4.69) is 100 Å². The van der Waals surface area contributed by atoms with Crippen LogP contribution >= 0.6 is 11.3 Å². The Morgan fingerprint density at radius 1 is 1.00 bits per heavy atom. The van der Waals surface area contributed by atoms with Crippen LogP contribution in [0.4, 0.5) is 0 Å². The van der Waals surface area contributed by atoms with Crippen LogP contribution in [0.2, 0.25) is 0 Å². The van der Waals surface area contributed by atoms with Gasteiger partial charge in [0.1, 0.15) is 0 Å². The summed E-state index contributed by atoms with van der Waals surface area (Å²) in [5.41, 5.74) is 7.33. The van der Waals surface area contributed by atoms with Crippen molar-refractivity contribution in [2.45, 2.75) is 27.7 Å². The van der Waals surface area contributed by atoms with Crippen molar-refractivity contribution in [1.82, 2.24) is 0 Å². The number of hydrogen-bond acceptors (Lipinski definition) is 1. The molecule has 0 amide bonds. The van der Waals surface area contributed by atoms with Crippen LogP contribution in [-0.4, -0.2) is 0 Å². The number of thiophene rings is 1. The Bertz CT molecular complexity index is 1070. The van der Waals surface area contributed by atoms with Gasteiger partial charge in [0, 0.05) is 15.0 Å². The summed E-state index contributed by atoms with van der Waals surface area (Å²) < 4.78 is 1.35. The van der Waals surface area contributed by atoms with Crippen LogP contribution < -0.4 is 0 Å². The standard InChI is InChI=1S/C26H26S/c1-6-9-24-19(5)27-26-15-14-23(17-25(24)26)22-11-8-10-21(16-22)20(7-2)13-12-18(3)4/h6-17H,3H2,1-2,4-5H3/b9-6-,13-12-,20-7+. The van der Waals surface area contributed by atoms with E-state index in [0.29, 0.717) is 0 Å². The molecule has 0 aliphatic heterocycles. The largest absolute Gasteiger partial charge is 0.140 e. The first-order chi connectivity index (χ1) is 13.0. The third-order valence-electron chi connectivity index (χ3n) is 4.63. The zero-order valence-electron chi connectivity index (χ0n) is 16.5. The molecule has 0 nitrogen and oxygen atoms in total. The van der Waals surface area contributed by atoms with Gasteiger partial charge in [0.15, 0.2) is 0 Å². The second-order valence-electron chi connectivity index (χ2n) is 6.79. The summed E-state index contributed by atoms with van der Waals surface area (Å²) in [6.07, 6.45) is 10.7. The Kier molecular flexibility index (Phi) is 5.93. The van der Waals surface area contributed by atoms with Crippen LogP contribution in [0.25, 0.3) is 32.9 Å². The quantitative estimate of drug-likeness (QED) is 0.395. The maximum absolute atomic E-state index is 3.96. The molecule has 0 spiro atoms. The highest BCUT2D eigenvalue weighted by Gasteiger charge is 2.09. The van der Waals surface area contributed by atoms with Gasteiger partial charge < -0.3 is 0 Å². The maximum Gasteiger partial charge on any atom is 0.0352 e. The molecule has 0 saturated carbocycles. The van der Waals surface area contributed by atoms with Crippen molar-refractivity contribution in [3.8, 4) is 11.1 Å². The molecule has 1 heterocycles. The van der Waals surface area contributed by atoms with Gasteiger partial charge in [-0.05, 0) is 73.7 Å². The molecule has 0 aliphatic carbocycles. The summed E-state index contributed by atoms with van der Waals surface area (Å²) in [5, 5.41) is 1.34. The fourth-order valence-corrected chi connectivity index (χ4v) is 4.29. The van der Waals surface area contributed by atoms with Gasteiger partial charge in [-0.25, -0.2) is 0 Å². The van der Waals surface area contributed by atoms with E-state index in [9.17, 15) is 0 Å². The first-order valence-electron chi connectivity index (χ1n) is 9.30. The minimum atomic E-state index is 1.06. The van der Waals surface area contributed by atoms with Crippen LogP contribution in [0.5, 0.6) is 0 Å². The topological polar surface area (TPSA) is 0 Å². The minimum Gasteiger partial charge on any atom is -0.140 e. The molecule has 0 bridgehead atoms. The van der Waals surface area contributed by atoms with Gasteiger partial charge in [-0.2, -0.15) is 0 Å². The van der Waals surface area contributed by atoms with Crippen LogP contribution in [-0.2, 0) is 0 Å². The highest BCUT2D eigenvalue weighted by atomic mass is 32.1. The normalized spacial score (nSPS) is 12.5. The first-order valence-corrected chi connectivity index (χ1v) is 10.1. The van der Waals surface area contributed by atoms with E-state index in [1.807, 2.05) is 18.3 Å². The molecule has 0 N–H and O–H groups in total. The summed E-state index contributed by atoms with van der Waals surface area (Å²) in [7, 11) is 0. The highest BCUT2D eigenvalue weighted by molar-refractivity contribution is 7.19. The number of allylic oxidation sites excluding steroid dienone is 6. The van der Waals surface area contributed by atoms with Crippen LogP contribution in [0.3, 0.4) is 0 Å². The third-order valence-corrected chi connectivity index (χ3v) is 5.74. The lowest BCUT2D eigenvalue weighted by Crippen LogP contribution is -1.84. The Labute approximate surface area is 166 Å².